The zero-order valence-corrected chi connectivity index (χ0v) is 23.5. The van der Waals surface area contributed by atoms with E-state index in [0.717, 1.165) is 49.0 Å². The topological polar surface area (TPSA) is 0 Å². The molecule has 0 aliphatic carbocycles. The Morgan fingerprint density at radius 2 is 0.464 bits per heavy atom. The first kappa shape index (κ1) is 29.6. The van der Waals surface area contributed by atoms with Gasteiger partial charge in [0.2, 0.25) is 0 Å². The van der Waals surface area contributed by atoms with Gasteiger partial charge in [0, 0.05) is 0 Å². The fourth-order valence-electron chi connectivity index (χ4n) is 4.39. The van der Waals surface area contributed by atoms with E-state index in [1.165, 1.54) is 161 Å². The Hall–Kier alpha value is 1.64. The molecule has 1 heteroatoms. The van der Waals surface area contributed by atoms with Gasteiger partial charge >= 0.3 is 120 Å². The molecule has 0 aliphatic heterocycles. The van der Waals surface area contributed by atoms with Gasteiger partial charge in [-0.25, -0.2) is 0 Å². The van der Waals surface area contributed by atoms with Crippen LogP contribution in [0.5, 0.6) is 0 Å². The third kappa shape index (κ3) is 27.6. The Kier molecular flexibility index (Phi) is 30.3. The molecule has 0 nitrogen and oxygen atoms in total. The van der Waals surface area contributed by atoms with Crippen LogP contribution in [-0.2, 0) is 0 Å². The minimum absolute atomic E-state index is 1.10. The van der Waals surface area contributed by atoms with Crippen LogP contribution in [0.1, 0.15) is 167 Å². The fraction of sp³-hybridized carbons (Fsp3) is 1.00. The SMILES string of the molecule is CCCCCCCCCCCCCCCCCCCCCCCCCC[CH2][K]. The predicted octanol–water partition coefficient (Wildman–Crippen LogP) is 10.3. The van der Waals surface area contributed by atoms with Crippen LogP contribution in [0.25, 0.3) is 0 Å². The van der Waals surface area contributed by atoms with E-state index < -0.39 is 0 Å². The molecule has 0 fully saturated rings. The molecule has 0 N–H and O–H groups in total. The van der Waals surface area contributed by atoms with Crippen LogP contribution in [0.3, 0.4) is 0 Å². The monoisotopic (exact) mass is 418 g/mol. The van der Waals surface area contributed by atoms with Crippen molar-refractivity contribution in [1.82, 2.24) is 0 Å². The Morgan fingerprint density at radius 1 is 0.286 bits per heavy atom. The molecule has 0 aromatic heterocycles. The van der Waals surface area contributed by atoms with Crippen LogP contribution >= 0.6 is 0 Å². The number of hydrogen-bond acceptors (Lipinski definition) is 0. The number of hydrogen-bond donors (Lipinski definition) is 0. The number of rotatable bonds is 25. The summed E-state index contributed by atoms with van der Waals surface area (Å²) in [5.41, 5.74) is 0. The number of unbranched alkanes of at least 4 members (excludes halogenated alkanes) is 24. The molecule has 164 valence electrons. The first-order valence-electron chi connectivity index (χ1n) is 13.9. The van der Waals surface area contributed by atoms with Crippen LogP contribution in [0.15, 0.2) is 0 Å². The summed E-state index contributed by atoms with van der Waals surface area (Å²) in [6.45, 7) is 2.31. The average molecular weight is 419 g/mol. The van der Waals surface area contributed by atoms with Crippen LogP contribution in [0.2, 0.25) is 0.515 Å². The summed E-state index contributed by atoms with van der Waals surface area (Å²) >= 11 is 1.10. The molecule has 0 amide bonds. The summed E-state index contributed by atoms with van der Waals surface area (Å²) in [5.74, 6) is 0. The first-order valence-corrected chi connectivity index (χ1v) is 16.1. The summed E-state index contributed by atoms with van der Waals surface area (Å²) in [7, 11) is 0. The van der Waals surface area contributed by atoms with E-state index >= 15 is 0 Å². The fourth-order valence-corrected chi connectivity index (χ4v) is 5.17. The van der Waals surface area contributed by atoms with Gasteiger partial charge in [-0.05, 0) is 0 Å². The third-order valence-corrected chi connectivity index (χ3v) is 7.56. The molecule has 0 unspecified atom stereocenters. The van der Waals surface area contributed by atoms with Crippen molar-refractivity contribution in [1.29, 1.82) is 0 Å². The summed E-state index contributed by atoms with van der Waals surface area (Å²) in [5, 5.41) is 0. The van der Waals surface area contributed by atoms with Crippen molar-refractivity contribution in [3.05, 3.63) is 0 Å². The summed E-state index contributed by atoms with van der Waals surface area (Å²) in [4.78, 5) is 0. The van der Waals surface area contributed by atoms with Crippen molar-refractivity contribution in [2.75, 3.05) is 0 Å². The van der Waals surface area contributed by atoms with E-state index in [4.69, 9.17) is 0 Å². The molecular weight excluding hydrogens is 363 g/mol. The quantitative estimate of drug-likeness (QED) is 0.102. The van der Waals surface area contributed by atoms with Gasteiger partial charge < -0.3 is 0 Å². The molecule has 0 saturated carbocycles. The predicted molar refractivity (Wildman–Crippen MR) is 132 cm³/mol. The second kappa shape index (κ2) is 28.6. The molecule has 0 spiro atoms. The maximum atomic E-state index is 2.31. The Balaban J connectivity index is 2.96. The van der Waals surface area contributed by atoms with Crippen molar-refractivity contribution in [3.8, 4) is 0 Å². The zero-order chi connectivity index (χ0) is 20.4. The molecule has 0 aromatic rings. The van der Waals surface area contributed by atoms with Crippen LogP contribution < -0.4 is 0 Å². The van der Waals surface area contributed by atoms with E-state index in [-0.39, 0.29) is 0 Å². The second-order valence-electron chi connectivity index (χ2n) is 9.49. The minimum atomic E-state index is 1.10. The van der Waals surface area contributed by atoms with Crippen LogP contribution in [-0.4, -0.2) is 49.0 Å². The van der Waals surface area contributed by atoms with Gasteiger partial charge in [0.25, 0.3) is 0 Å². The summed E-state index contributed by atoms with van der Waals surface area (Å²) in [6, 6.07) is 0. The van der Waals surface area contributed by atoms with Gasteiger partial charge in [-0.1, -0.05) is 96.8 Å². The molecule has 28 heavy (non-hydrogen) atoms. The standard InChI is InChI=1S/C27H55.K/c1-3-5-7-9-11-13-15-17-19-21-23-25-27-26-24-22-20-18-16-14-12-10-8-6-4-2;/h1,3-27H2,2H3;. The molecule has 0 radical (unpaired) electrons. The van der Waals surface area contributed by atoms with Crippen molar-refractivity contribution in [2.45, 2.75) is 168 Å². The average Bonchev–Trinajstić information content (AvgIpc) is 2.71. The normalized spacial score (nSPS) is 11.4. The Morgan fingerprint density at radius 3 is 0.643 bits per heavy atom. The van der Waals surface area contributed by atoms with E-state index in [1.807, 2.05) is 0 Å². The zero-order valence-electron chi connectivity index (χ0n) is 20.4. The van der Waals surface area contributed by atoms with Crippen molar-refractivity contribution < 1.29 is 0 Å². The van der Waals surface area contributed by atoms with Crippen LogP contribution in [0.4, 0.5) is 0 Å². The first-order chi connectivity index (χ1) is 13.9. The second-order valence-corrected chi connectivity index (χ2v) is 11.0. The van der Waals surface area contributed by atoms with Crippen LogP contribution in [0, 0.1) is 0 Å². The molecule has 0 bridgehead atoms. The van der Waals surface area contributed by atoms with Gasteiger partial charge in [0.05, 0.1) is 0 Å². The molecule has 0 aliphatic rings. The molecular formula is C27H55K. The Bertz CT molecular complexity index is 225. The Labute approximate surface area is 214 Å². The van der Waals surface area contributed by atoms with Crippen molar-refractivity contribution in [2.24, 2.45) is 0 Å². The van der Waals surface area contributed by atoms with Gasteiger partial charge in [-0.2, -0.15) is 0 Å². The molecule has 0 saturated heterocycles. The van der Waals surface area contributed by atoms with E-state index in [9.17, 15) is 0 Å². The molecule has 0 aromatic carbocycles. The van der Waals surface area contributed by atoms with Gasteiger partial charge in [0.15, 0.2) is 0 Å². The summed E-state index contributed by atoms with van der Waals surface area (Å²) < 4.78 is 1.56. The van der Waals surface area contributed by atoms with Gasteiger partial charge in [-0.3, -0.25) is 0 Å². The van der Waals surface area contributed by atoms with E-state index in [0.29, 0.717) is 0 Å². The van der Waals surface area contributed by atoms with E-state index in [2.05, 4.69) is 6.92 Å². The van der Waals surface area contributed by atoms with E-state index in [1.54, 1.807) is 0.515 Å². The summed E-state index contributed by atoms with van der Waals surface area (Å²) in [6.07, 6.45) is 37.3. The maximum absolute atomic E-state index is 2.31. The molecule has 0 heterocycles. The van der Waals surface area contributed by atoms with Crippen molar-refractivity contribution >= 4 is 49.0 Å². The van der Waals surface area contributed by atoms with Gasteiger partial charge in [0.1, 0.15) is 0 Å². The van der Waals surface area contributed by atoms with Crippen molar-refractivity contribution in [3.63, 3.8) is 0 Å². The third-order valence-electron chi connectivity index (χ3n) is 6.46. The molecule has 0 rings (SSSR count). The molecule has 0 atom stereocenters. The van der Waals surface area contributed by atoms with Gasteiger partial charge in [-0.15, -0.1) is 0 Å².